The zero-order valence-corrected chi connectivity index (χ0v) is 22.4. The number of carbonyl (C=O) groups excluding carboxylic acids is 1. The Hall–Kier alpha value is -2.94. The molecule has 0 amide bonds. The van der Waals surface area contributed by atoms with Crippen LogP contribution in [0.2, 0.25) is 0 Å². The van der Waals surface area contributed by atoms with Gasteiger partial charge in [0, 0.05) is 12.1 Å². The second-order valence-electron chi connectivity index (χ2n) is 11.2. The smallest absolute Gasteiger partial charge is 0.343 e. The van der Waals surface area contributed by atoms with E-state index in [9.17, 15) is 13.6 Å². The Balaban J connectivity index is 1.17. The van der Waals surface area contributed by atoms with Crippen LogP contribution in [0.15, 0.2) is 36.4 Å². The first kappa shape index (κ1) is 28.1. The van der Waals surface area contributed by atoms with E-state index in [0.717, 1.165) is 29.9 Å². The van der Waals surface area contributed by atoms with Crippen molar-refractivity contribution in [3.63, 3.8) is 0 Å². The number of hydrogen-bond acceptors (Lipinski definition) is 4. The number of nitrogens with zero attached hydrogens (tertiary/aromatic N) is 1. The third-order valence-electron chi connectivity index (χ3n) is 8.58. The van der Waals surface area contributed by atoms with Crippen molar-refractivity contribution >= 4 is 5.97 Å². The molecule has 4 rings (SSSR count). The number of carbonyl (C=O) groups is 1. The van der Waals surface area contributed by atoms with Gasteiger partial charge in [-0.05, 0) is 86.5 Å². The van der Waals surface area contributed by atoms with Crippen LogP contribution in [0.5, 0.6) is 11.5 Å². The molecular weight excluding hydrogens is 484 g/mol. The highest BCUT2D eigenvalue weighted by Crippen LogP contribution is 2.42. The Kier molecular flexibility index (Phi) is 10.1. The van der Waals surface area contributed by atoms with Crippen molar-refractivity contribution in [3.05, 3.63) is 59.2 Å². The lowest BCUT2D eigenvalue weighted by molar-refractivity contribution is 0.0734. The number of nitriles is 1. The molecule has 4 nitrogen and oxygen atoms in total. The maximum atomic E-state index is 13.8. The van der Waals surface area contributed by atoms with Crippen molar-refractivity contribution in [2.45, 2.75) is 84.0 Å². The van der Waals surface area contributed by atoms with Crippen LogP contribution in [0.25, 0.3) is 0 Å². The lowest BCUT2D eigenvalue weighted by Gasteiger charge is -2.38. The molecule has 204 valence electrons. The summed E-state index contributed by atoms with van der Waals surface area (Å²) in [6.45, 7) is 2.95. The van der Waals surface area contributed by atoms with Gasteiger partial charge in [-0.2, -0.15) is 5.26 Å². The van der Waals surface area contributed by atoms with Gasteiger partial charge in [0.05, 0.1) is 12.2 Å². The minimum atomic E-state index is -1.07. The monoisotopic (exact) mass is 523 g/mol. The fraction of sp³-hybridized carbons (Fsp3) is 0.562. The maximum absolute atomic E-state index is 13.8. The molecule has 0 N–H and O–H groups in total. The lowest BCUT2D eigenvalue weighted by Crippen LogP contribution is -2.27. The predicted molar refractivity (Wildman–Crippen MR) is 143 cm³/mol. The van der Waals surface area contributed by atoms with Gasteiger partial charge in [-0.25, -0.2) is 13.6 Å². The van der Waals surface area contributed by atoms with Gasteiger partial charge >= 0.3 is 5.97 Å². The van der Waals surface area contributed by atoms with Crippen molar-refractivity contribution in [1.29, 1.82) is 5.26 Å². The van der Waals surface area contributed by atoms with Crippen molar-refractivity contribution in [2.75, 3.05) is 6.61 Å². The van der Waals surface area contributed by atoms with Crippen LogP contribution in [0.3, 0.4) is 0 Å². The highest BCUT2D eigenvalue weighted by atomic mass is 19.1. The van der Waals surface area contributed by atoms with E-state index in [1.807, 2.05) is 0 Å². The van der Waals surface area contributed by atoms with E-state index in [1.165, 1.54) is 83.1 Å². The zero-order valence-electron chi connectivity index (χ0n) is 22.4. The van der Waals surface area contributed by atoms with E-state index < -0.39 is 23.2 Å². The molecule has 0 aromatic heterocycles. The second-order valence-corrected chi connectivity index (χ2v) is 11.2. The molecule has 2 aliphatic rings. The third kappa shape index (κ3) is 7.56. The Morgan fingerprint density at radius 3 is 2.00 bits per heavy atom. The van der Waals surface area contributed by atoms with E-state index in [4.69, 9.17) is 14.7 Å². The molecule has 2 saturated carbocycles. The van der Waals surface area contributed by atoms with Crippen LogP contribution in [0.1, 0.15) is 99.9 Å². The first-order valence-electron chi connectivity index (χ1n) is 14.3. The molecule has 6 heteroatoms. The molecule has 2 aliphatic carbocycles. The van der Waals surface area contributed by atoms with Gasteiger partial charge in [-0.15, -0.1) is 0 Å². The van der Waals surface area contributed by atoms with Crippen LogP contribution in [0, 0.1) is 46.6 Å². The number of halogens is 2. The fourth-order valence-electron chi connectivity index (χ4n) is 6.24. The van der Waals surface area contributed by atoms with Crippen LogP contribution in [-0.4, -0.2) is 12.6 Å². The summed E-state index contributed by atoms with van der Waals surface area (Å²) >= 11 is 0. The molecule has 0 radical (unpaired) electrons. The van der Waals surface area contributed by atoms with Gasteiger partial charge in [0.25, 0.3) is 0 Å². The van der Waals surface area contributed by atoms with E-state index in [0.29, 0.717) is 18.3 Å². The molecule has 2 fully saturated rings. The topological polar surface area (TPSA) is 59.3 Å². The second kappa shape index (κ2) is 13.7. The molecule has 2 aromatic rings. The molecule has 0 aliphatic heterocycles. The summed E-state index contributed by atoms with van der Waals surface area (Å²) in [6, 6.07) is 9.65. The lowest BCUT2D eigenvalue weighted by atomic mass is 9.69. The molecule has 2 aromatic carbocycles. The Morgan fingerprint density at radius 2 is 1.45 bits per heavy atom. The molecular formula is C32H39F2NO3. The van der Waals surface area contributed by atoms with Gasteiger partial charge in [0.1, 0.15) is 34.8 Å². The van der Waals surface area contributed by atoms with E-state index in [2.05, 4.69) is 6.92 Å². The molecule has 0 atom stereocenters. The van der Waals surface area contributed by atoms with Crippen LogP contribution < -0.4 is 9.47 Å². The minimum Gasteiger partial charge on any atom is -0.493 e. The van der Waals surface area contributed by atoms with E-state index in [-0.39, 0.29) is 11.3 Å². The van der Waals surface area contributed by atoms with Crippen LogP contribution in [0.4, 0.5) is 8.78 Å². The van der Waals surface area contributed by atoms with Crippen molar-refractivity contribution in [2.24, 2.45) is 23.7 Å². The first-order chi connectivity index (χ1) is 18.5. The Labute approximate surface area is 225 Å². The standard InChI is InChI=1S/C32H39F2NO3/c1-2-3-4-5-22-6-10-24(11-7-22)25-12-8-23(9-13-25)21-37-27-16-14-26(15-17-27)32(36)38-28-18-30(33)29(20-35)31(34)19-28/h14-19,22-25H,2-13,21H2,1H3. The van der Waals surface area contributed by atoms with Gasteiger partial charge in [-0.3, -0.25) is 0 Å². The normalized spacial score (nSPS) is 23.4. The number of benzene rings is 2. The fourth-order valence-corrected chi connectivity index (χ4v) is 6.24. The summed E-state index contributed by atoms with van der Waals surface area (Å²) in [5, 5.41) is 8.75. The van der Waals surface area contributed by atoms with E-state index in [1.54, 1.807) is 24.3 Å². The quantitative estimate of drug-likeness (QED) is 0.178. The third-order valence-corrected chi connectivity index (χ3v) is 8.58. The first-order valence-corrected chi connectivity index (χ1v) is 14.3. The molecule has 38 heavy (non-hydrogen) atoms. The highest BCUT2D eigenvalue weighted by Gasteiger charge is 2.31. The van der Waals surface area contributed by atoms with Crippen molar-refractivity contribution < 1.29 is 23.0 Å². The molecule has 0 unspecified atom stereocenters. The number of hydrogen-bond donors (Lipinski definition) is 0. The zero-order chi connectivity index (χ0) is 26.9. The largest absolute Gasteiger partial charge is 0.493 e. The van der Waals surface area contributed by atoms with Gasteiger partial charge in [0.2, 0.25) is 0 Å². The molecule has 0 spiro atoms. The summed E-state index contributed by atoms with van der Waals surface area (Å²) in [5.74, 6) is 0.834. The number of rotatable bonds is 10. The molecule has 0 heterocycles. The SMILES string of the molecule is CCCCCC1CCC(C2CCC(COc3ccc(C(=O)Oc4cc(F)c(C#N)c(F)c4)cc3)CC2)CC1. The summed E-state index contributed by atoms with van der Waals surface area (Å²) in [5.41, 5.74) is -0.469. The number of unbranched alkanes of at least 4 members (excludes halogenated alkanes) is 2. The van der Waals surface area contributed by atoms with Gasteiger partial charge in [-0.1, -0.05) is 45.4 Å². The summed E-state index contributed by atoms with van der Waals surface area (Å²) in [7, 11) is 0. The Bertz CT molecular complexity index is 1070. The van der Waals surface area contributed by atoms with Crippen molar-refractivity contribution in [3.8, 4) is 17.6 Å². The maximum Gasteiger partial charge on any atom is 0.343 e. The average molecular weight is 524 g/mol. The highest BCUT2D eigenvalue weighted by molar-refractivity contribution is 5.91. The van der Waals surface area contributed by atoms with Crippen molar-refractivity contribution in [1.82, 2.24) is 0 Å². The summed E-state index contributed by atoms with van der Waals surface area (Å²) in [4.78, 5) is 12.4. The minimum absolute atomic E-state index is 0.239. The predicted octanol–water partition coefficient (Wildman–Crippen LogP) is 8.63. The number of esters is 1. The summed E-state index contributed by atoms with van der Waals surface area (Å²) < 4.78 is 38.6. The number of ether oxygens (including phenoxy) is 2. The average Bonchev–Trinajstić information content (AvgIpc) is 2.93. The molecule has 0 saturated heterocycles. The van der Waals surface area contributed by atoms with Gasteiger partial charge < -0.3 is 9.47 Å². The molecule has 0 bridgehead atoms. The Morgan fingerprint density at radius 1 is 0.868 bits per heavy atom. The summed E-state index contributed by atoms with van der Waals surface area (Å²) in [6.07, 6.45) is 16.3. The van der Waals surface area contributed by atoms with Crippen LogP contribution >= 0.6 is 0 Å². The van der Waals surface area contributed by atoms with E-state index >= 15 is 0 Å². The van der Waals surface area contributed by atoms with Gasteiger partial charge in [0.15, 0.2) is 0 Å². The van der Waals surface area contributed by atoms with Crippen LogP contribution in [-0.2, 0) is 0 Å².